The third-order valence-corrected chi connectivity index (χ3v) is 3.70. The predicted octanol–water partition coefficient (Wildman–Crippen LogP) is 3.31. The normalized spacial score (nSPS) is 9.92. The number of hydrogen-bond acceptors (Lipinski definition) is 4. The minimum Gasteiger partial charge on any atom is -0.491 e. The highest BCUT2D eigenvalue weighted by Crippen LogP contribution is 2.21. The fraction of sp³-hybridized carbons (Fsp3) is 0.300. The van der Waals surface area contributed by atoms with Crippen LogP contribution < -0.4 is 15.8 Å². The quantitative estimate of drug-likeness (QED) is 0.563. The number of nitrogens with two attached hydrogens (primary N) is 1. The highest BCUT2D eigenvalue weighted by atomic mass is 19.1. The largest absolute Gasteiger partial charge is 0.491 e. The van der Waals surface area contributed by atoms with Crippen molar-refractivity contribution in [1.82, 2.24) is 10.3 Å². The molecule has 1 amide bonds. The van der Waals surface area contributed by atoms with Crippen molar-refractivity contribution in [1.29, 1.82) is 0 Å². The van der Waals surface area contributed by atoms with E-state index in [0.717, 1.165) is 19.3 Å². The molecule has 0 saturated carbocycles. The molecule has 0 aliphatic rings. The van der Waals surface area contributed by atoms with Gasteiger partial charge in [-0.3, -0.25) is 4.79 Å². The van der Waals surface area contributed by atoms with E-state index >= 15 is 0 Å². The number of halogens is 1. The van der Waals surface area contributed by atoms with Crippen LogP contribution in [0.15, 0.2) is 36.5 Å². The van der Waals surface area contributed by atoms with Crippen molar-refractivity contribution in [3.8, 4) is 17.6 Å². The number of anilines is 1. The van der Waals surface area contributed by atoms with Crippen LogP contribution in [-0.2, 0) is 6.54 Å². The molecule has 0 saturated heterocycles. The van der Waals surface area contributed by atoms with E-state index in [9.17, 15) is 9.18 Å². The van der Waals surface area contributed by atoms with Crippen LogP contribution in [0.1, 0.15) is 42.1 Å². The minimum atomic E-state index is -0.472. The maximum Gasteiger partial charge on any atom is 0.255 e. The lowest BCUT2D eigenvalue weighted by atomic mass is 10.2. The third-order valence-electron chi connectivity index (χ3n) is 3.70. The van der Waals surface area contributed by atoms with Gasteiger partial charge in [-0.25, -0.2) is 9.37 Å². The molecule has 0 aliphatic heterocycles. The van der Waals surface area contributed by atoms with Gasteiger partial charge < -0.3 is 15.8 Å². The van der Waals surface area contributed by atoms with Crippen molar-refractivity contribution >= 4 is 11.7 Å². The lowest BCUT2D eigenvalue weighted by Gasteiger charge is -2.11. The molecule has 26 heavy (non-hydrogen) atoms. The highest BCUT2D eigenvalue weighted by Gasteiger charge is 2.13. The van der Waals surface area contributed by atoms with Crippen molar-refractivity contribution < 1.29 is 13.9 Å². The zero-order valence-corrected chi connectivity index (χ0v) is 14.7. The number of nitrogens with zero attached hydrogens (tertiary/aromatic N) is 1. The molecule has 2 rings (SSSR count). The first kappa shape index (κ1) is 19.3. The minimum absolute atomic E-state index is 0.0300. The molecule has 6 heteroatoms. The van der Waals surface area contributed by atoms with E-state index in [4.69, 9.17) is 10.5 Å². The van der Waals surface area contributed by atoms with E-state index < -0.39 is 11.7 Å². The molecular weight excluding hydrogens is 333 g/mol. The van der Waals surface area contributed by atoms with Crippen molar-refractivity contribution in [2.75, 3.05) is 12.3 Å². The van der Waals surface area contributed by atoms with E-state index in [2.05, 4.69) is 22.1 Å². The Labute approximate surface area is 152 Å². The molecule has 0 spiro atoms. The van der Waals surface area contributed by atoms with Crippen LogP contribution in [0.25, 0.3) is 0 Å². The van der Waals surface area contributed by atoms with Gasteiger partial charge in [0.1, 0.15) is 5.82 Å². The van der Waals surface area contributed by atoms with Gasteiger partial charge >= 0.3 is 0 Å². The Kier molecular flexibility index (Phi) is 7.44. The summed E-state index contributed by atoms with van der Waals surface area (Å²) in [6.45, 7) is 2.26. The highest BCUT2D eigenvalue weighted by molar-refractivity contribution is 5.98. The number of pyridine rings is 1. The number of amides is 1. The summed E-state index contributed by atoms with van der Waals surface area (Å²) in [7, 11) is 0. The molecule has 3 N–H and O–H groups in total. The number of nitrogen functional groups attached to an aromatic ring is 1. The lowest BCUT2D eigenvalue weighted by molar-refractivity contribution is 0.0951. The number of nitrogens with one attached hydrogen (secondary N) is 1. The van der Waals surface area contributed by atoms with Gasteiger partial charge in [0.15, 0.2) is 11.6 Å². The summed E-state index contributed by atoms with van der Waals surface area (Å²) in [4.78, 5) is 16.0. The molecule has 0 fully saturated rings. The molecule has 0 aliphatic carbocycles. The number of aromatic nitrogens is 1. The maximum atomic E-state index is 14.5. The maximum absolute atomic E-state index is 14.5. The monoisotopic (exact) mass is 355 g/mol. The van der Waals surface area contributed by atoms with Gasteiger partial charge in [-0.2, -0.15) is 0 Å². The van der Waals surface area contributed by atoms with Crippen LogP contribution >= 0.6 is 0 Å². The summed E-state index contributed by atoms with van der Waals surface area (Å²) >= 11 is 0. The summed E-state index contributed by atoms with van der Waals surface area (Å²) in [5.41, 5.74) is 6.27. The van der Waals surface area contributed by atoms with Crippen LogP contribution in [-0.4, -0.2) is 17.5 Å². The summed E-state index contributed by atoms with van der Waals surface area (Å²) in [6.07, 6.45) is 4.02. The Morgan fingerprint density at radius 2 is 2.15 bits per heavy atom. The summed E-state index contributed by atoms with van der Waals surface area (Å²) in [5.74, 6) is 5.25. The first-order valence-corrected chi connectivity index (χ1v) is 8.42. The topological polar surface area (TPSA) is 77.2 Å². The summed E-state index contributed by atoms with van der Waals surface area (Å²) in [6, 6.07) is 8.06. The molecule has 136 valence electrons. The van der Waals surface area contributed by atoms with E-state index in [-0.39, 0.29) is 23.7 Å². The second-order valence-corrected chi connectivity index (χ2v) is 5.58. The molecular formula is C20H22FN3O2. The molecule has 0 bridgehead atoms. The van der Waals surface area contributed by atoms with Crippen molar-refractivity contribution in [2.45, 2.75) is 32.7 Å². The second-order valence-electron chi connectivity index (χ2n) is 5.58. The average molecular weight is 355 g/mol. The molecule has 0 unspecified atom stereocenters. The molecule has 1 aromatic carbocycles. The number of rotatable bonds is 8. The summed E-state index contributed by atoms with van der Waals surface area (Å²) < 4.78 is 20.0. The van der Waals surface area contributed by atoms with Crippen LogP contribution in [0.2, 0.25) is 0 Å². The van der Waals surface area contributed by atoms with E-state index in [1.54, 1.807) is 37.3 Å². The van der Waals surface area contributed by atoms with Gasteiger partial charge in [0.25, 0.3) is 5.91 Å². The third kappa shape index (κ3) is 5.49. The number of hydrogen-bond donors (Lipinski definition) is 2. The summed E-state index contributed by atoms with van der Waals surface area (Å²) in [5, 5.41) is 2.64. The number of ether oxygens (including phenoxy) is 1. The number of unbranched alkanes of at least 4 members (excludes halogenated alkanes) is 2. The van der Waals surface area contributed by atoms with Gasteiger partial charge in [-0.1, -0.05) is 12.1 Å². The van der Waals surface area contributed by atoms with Crippen molar-refractivity contribution in [3.05, 3.63) is 53.5 Å². The smallest absolute Gasteiger partial charge is 0.255 e. The number of benzene rings is 1. The van der Waals surface area contributed by atoms with Crippen molar-refractivity contribution in [3.63, 3.8) is 0 Å². The zero-order chi connectivity index (χ0) is 18.8. The average Bonchev–Trinajstić information content (AvgIpc) is 2.65. The van der Waals surface area contributed by atoms with Crippen LogP contribution in [0.3, 0.4) is 0 Å². The molecule has 0 atom stereocenters. The molecule has 0 radical (unpaired) electrons. The van der Waals surface area contributed by atoms with E-state index in [0.29, 0.717) is 12.2 Å². The Morgan fingerprint density at radius 3 is 2.92 bits per heavy atom. The van der Waals surface area contributed by atoms with E-state index in [1.807, 2.05) is 0 Å². The molecule has 5 nitrogen and oxygen atoms in total. The Bertz CT molecular complexity index is 812. The van der Waals surface area contributed by atoms with Gasteiger partial charge in [0.05, 0.1) is 12.2 Å². The first-order valence-electron chi connectivity index (χ1n) is 8.42. The van der Waals surface area contributed by atoms with Gasteiger partial charge in [-0.05, 0) is 38.0 Å². The number of carbonyl (C=O) groups excluding carboxylic acids is 1. The Balaban J connectivity index is 1.90. The standard InChI is InChI=1S/C20H22FN3O2/c1-2-3-4-5-6-13-26-17-11-7-9-15(18(17)21)14-24-20(25)16-10-8-12-23-19(16)22/h7-12H,4-6,13-14H2,1H3,(H2,22,23)(H,24,25). The number of carbonyl (C=O) groups is 1. The second kappa shape index (κ2) is 10.0. The van der Waals surface area contributed by atoms with Gasteiger partial charge in [0, 0.05) is 24.7 Å². The fourth-order valence-corrected chi connectivity index (χ4v) is 2.31. The van der Waals surface area contributed by atoms with Gasteiger partial charge in [0.2, 0.25) is 0 Å². The molecule has 2 aromatic rings. The SMILES string of the molecule is CC#CCCCCOc1cccc(CNC(=O)c2cccnc2N)c1F. The van der Waals surface area contributed by atoms with Gasteiger partial charge in [-0.15, -0.1) is 11.8 Å². The van der Waals surface area contributed by atoms with Crippen LogP contribution in [0, 0.1) is 17.7 Å². The van der Waals surface area contributed by atoms with Crippen molar-refractivity contribution in [2.24, 2.45) is 0 Å². The Hall–Kier alpha value is -3.07. The van der Waals surface area contributed by atoms with Crippen LogP contribution in [0.4, 0.5) is 10.2 Å². The van der Waals surface area contributed by atoms with E-state index in [1.165, 1.54) is 6.20 Å². The first-order chi connectivity index (χ1) is 12.6. The molecule has 1 heterocycles. The lowest BCUT2D eigenvalue weighted by Crippen LogP contribution is -2.24. The zero-order valence-electron chi connectivity index (χ0n) is 14.7. The predicted molar refractivity (Wildman–Crippen MR) is 99.0 cm³/mol. The molecule has 1 aromatic heterocycles. The van der Waals surface area contributed by atoms with Crippen LogP contribution in [0.5, 0.6) is 5.75 Å². The fourth-order valence-electron chi connectivity index (χ4n) is 2.31. The Morgan fingerprint density at radius 1 is 1.31 bits per heavy atom.